The van der Waals surface area contributed by atoms with Crippen molar-refractivity contribution in [2.45, 2.75) is 13.0 Å². The van der Waals surface area contributed by atoms with E-state index in [1.807, 2.05) is 36.1 Å². The van der Waals surface area contributed by atoms with Crippen molar-refractivity contribution in [3.63, 3.8) is 0 Å². The molecule has 4 nitrogen and oxygen atoms in total. The Morgan fingerprint density at radius 3 is 3.12 bits per heavy atom. The molecule has 0 bridgehead atoms. The first-order valence-corrected chi connectivity index (χ1v) is 5.53. The van der Waals surface area contributed by atoms with Gasteiger partial charge in [-0.05, 0) is 12.1 Å². The summed E-state index contributed by atoms with van der Waals surface area (Å²) in [6.45, 7) is 1.92. The molecule has 0 fully saturated rings. The second-order valence-electron chi connectivity index (χ2n) is 4.04. The summed E-state index contributed by atoms with van der Waals surface area (Å²) < 4.78 is 1.94. The van der Waals surface area contributed by atoms with E-state index in [0.717, 1.165) is 30.9 Å². The van der Waals surface area contributed by atoms with Gasteiger partial charge in [0.05, 0.1) is 17.1 Å². The molecule has 1 N–H and O–H groups in total. The minimum Gasteiger partial charge on any atom is -0.312 e. The zero-order valence-corrected chi connectivity index (χ0v) is 9.27. The first kappa shape index (κ1) is 9.54. The number of nitrogens with one attached hydrogen (secondary N) is 1. The largest absolute Gasteiger partial charge is 0.312 e. The molecule has 0 aromatic carbocycles. The standard InChI is InChI=1S/C12H14N4/c1-16-12(11-4-2-3-6-14-11)9-8-13-7-5-10(9)15-16/h2-4,6,13H,5,7-8H2,1H3. The molecule has 0 atom stereocenters. The van der Waals surface area contributed by atoms with Gasteiger partial charge in [-0.3, -0.25) is 9.67 Å². The molecule has 0 amide bonds. The fourth-order valence-corrected chi connectivity index (χ4v) is 2.25. The lowest BCUT2D eigenvalue weighted by molar-refractivity contribution is 0.633. The smallest absolute Gasteiger partial charge is 0.0911 e. The van der Waals surface area contributed by atoms with E-state index in [4.69, 9.17) is 0 Å². The quantitative estimate of drug-likeness (QED) is 0.773. The second kappa shape index (κ2) is 3.72. The number of rotatable bonds is 1. The van der Waals surface area contributed by atoms with Crippen LogP contribution in [-0.4, -0.2) is 21.3 Å². The van der Waals surface area contributed by atoms with Gasteiger partial charge in [0.15, 0.2) is 0 Å². The summed E-state index contributed by atoms with van der Waals surface area (Å²) in [4.78, 5) is 4.40. The SMILES string of the molecule is Cn1nc2c(c1-c1ccccn1)CNCC2. The van der Waals surface area contributed by atoms with Crippen molar-refractivity contribution in [3.8, 4) is 11.4 Å². The number of nitrogens with zero attached hydrogens (tertiary/aromatic N) is 3. The third kappa shape index (κ3) is 1.42. The number of pyridine rings is 1. The maximum absolute atomic E-state index is 4.56. The van der Waals surface area contributed by atoms with E-state index in [1.165, 1.54) is 11.3 Å². The average molecular weight is 214 g/mol. The zero-order chi connectivity index (χ0) is 11.0. The molecular formula is C12H14N4. The van der Waals surface area contributed by atoms with Crippen molar-refractivity contribution >= 4 is 0 Å². The number of hydrogen-bond acceptors (Lipinski definition) is 3. The molecular weight excluding hydrogens is 200 g/mol. The zero-order valence-electron chi connectivity index (χ0n) is 9.27. The molecule has 0 unspecified atom stereocenters. The lowest BCUT2D eigenvalue weighted by atomic mass is 10.1. The number of aryl methyl sites for hydroxylation is 1. The van der Waals surface area contributed by atoms with Crippen molar-refractivity contribution < 1.29 is 0 Å². The van der Waals surface area contributed by atoms with Crippen LogP contribution in [0.5, 0.6) is 0 Å². The summed E-state index contributed by atoms with van der Waals surface area (Å²) in [7, 11) is 1.99. The molecule has 3 rings (SSSR count). The van der Waals surface area contributed by atoms with Crippen LogP contribution in [0.3, 0.4) is 0 Å². The van der Waals surface area contributed by atoms with E-state index in [1.54, 1.807) is 0 Å². The Morgan fingerprint density at radius 1 is 1.38 bits per heavy atom. The van der Waals surface area contributed by atoms with E-state index in [2.05, 4.69) is 15.4 Å². The average Bonchev–Trinajstić information content (AvgIpc) is 2.66. The molecule has 4 heteroatoms. The number of aromatic nitrogens is 3. The number of fused-ring (bicyclic) bond motifs is 1. The highest BCUT2D eigenvalue weighted by molar-refractivity contribution is 5.61. The minimum atomic E-state index is 0.898. The number of hydrogen-bond donors (Lipinski definition) is 1. The molecule has 1 aliphatic heterocycles. The molecule has 82 valence electrons. The molecule has 0 spiro atoms. The van der Waals surface area contributed by atoms with Crippen LogP contribution >= 0.6 is 0 Å². The Labute approximate surface area is 94.3 Å². The van der Waals surface area contributed by atoms with Crippen molar-refractivity contribution in [1.82, 2.24) is 20.1 Å². The summed E-state index contributed by atoms with van der Waals surface area (Å²) in [5, 5.41) is 7.95. The van der Waals surface area contributed by atoms with Crippen LogP contribution in [0.4, 0.5) is 0 Å². The topological polar surface area (TPSA) is 42.7 Å². The molecule has 0 saturated heterocycles. The van der Waals surface area contributed by atoms with Gasteiger partial charge in [0.2, 0.25) is 0 Å². The van der Waals surface area contributed by atoms with Crippen LogP contribution in [0.25, 0.3) is 11.4 Å². The Balaban J connectivity index is 2.17. The van der Waals surface area contributed by atoms with Crippen LogP contribution in [0.2, 0.25) is 0 Å². The summed E-state index contributed by atoms with van der Waals surface area (Å²) in [5.74, 6) is 0. The van der Waals surface area contributed by atoms with E-state index in [9.17, 15) is 0 Å². The first-order valence-electron chi connectivity index (χ1n) is 5.53. The van der Waals surface area contributed by atoms with Gasteiger partial charge in [0.1, 0.15) is 0 Å². The van der Waals surface area contributed by atoms with E-state index >= 15 is 0 Å². The lowest BCUT2D eigenvalue weighted by Gasteiger charge is -2.12. The molecule has 1 aliphatic rings. The van der Waals surface area contributed by atoms with Gasteiger partial charge in [-0.1, -0.05) is 6.07 Å². The molecule has 2 aromatic rings. The van der Waals surface area contributed by atoms with Crippen LogP contribution in [0.1, 0.15) is 11.3 Å². The predicted molar refractivity (Wildman–Crippen MR) is 61.8 cm³/mol. The highest BCUT2D eigenvalue weighted by Gasteiger charge is 2.20. The Kier molecular flexibility index (Phi) is 2.22. The van der Waals surface area contributed by atoms with Crippen LogP contribution in [0, 0.1) is 0 Å². The molecule has 0 radical (unpaired) electrons. The van der Waals surface area contributed by atoms with E-state index in [0.29, 0.717) is 0 Å². The van der Waals surface area contributed by atoms with E-state index in [-0.39, 0.29) is 0 Å². The highest BCUT2D eigenvalue weighted by atomic mass is 15.3. The highest BCUT2D eigenvalue weighted by Crippen LogP contribution is 2.25. The van der Waals surface area contributed by atoms with Crippen molar-refractivity contribution in [1.29, 1.82) is 0 Å². The molecule has 16 heavy (non-hydrogen) atoms. The van der Waals surface area contributed by atoms with Crippen molar-refractivity contribution in [2.24, 2.45) is 7.05 Å². The van der Waals surface area contributed by atoms with Gasteiger partial charge in [-0.25, -0.2) is 0 Å². The van der Waals surface area contributed by atoms with Gasteiger partial charge in [-0.15, -0.1) is 0 Å². The summed E-state index contributed by atoms with van der Waals surface area (Å²) >= 11 is 0. The van der Waals surface area contributed by atoms with Crippen molar-refractivity contribution in [2.75, 3.05) is 6.54 Å². The minimum absolute atomic E-state index is 0.898. The van der Waals surface area contributed by atoms with E-state index < -0.39 is 0 Å². The van der Waals surface area contributed by atoms with Gasteiger partial charge in [-0.2, -0.15) is 5.10 Å². The molecule has 2 aromatic heterocycles. The first-order chi connectivity index (χ1) is 7.86. The third-order valence-corrected chi connectivity index (χ3v) is 2.98. The molecule has 0 aliphatic carbocycles. The Bertz CT molecular complexity index is 501. The maximum Gasteiger partial charge on any atom is 0.0911 e. The normalized spacial score (nSPS) is 14.8. The van der Waals surface area contributed by atoms with Crippen LogP contribution in [-0.2, 0) is 20.0 Å². The Morgan fingerprint density at radius 2 is 2.31 bits per heavy atom. The fourth-order valence-electron chi connectivity index (χ4n) is 2.25. The van der Waals surface area contributed by atoms with Crippen LogP contribution < -0.4 is 5.32 Å². The van der Waals surface area contributed by atoms with Crippen LogP contribution in [0.15, 0.2) is 24.4 Å². The maximum atomic E-state index is 4.56. The molecule has 3 heterocycles. The van der Waals surface area contributed by atoms with Gasteiger partial charge >= 0.3 is 0 Å². The van der Waals surface area contributed by atoms with Gasteiger partial charge in [0, 0.05) is 38.3 Å². The van der Waals surface area contributed by atoms with Crippen molar-refractivity contribution in [3.05, 3.63) is 35.7 Å². The summed E-state index contributed by atoms with van der Waals surface area (Å²) in [5.41, 5.74) is 4.65. The monoisotopic (exact) mass is 214 g/mol. The Hall–Kier alpha value is -1.68. The summed E-state index contributed by atoms with van der Waals surface area (Å²) in [6, 6.07) is 5.98. The second-order valence-corrected chi connectivity index (χ2v) is 4.04. The predicted octanol–water partition coefficient (Wildman–Crippen LogP) is 1.13. The third-order valence-electron chi connectivity index (χ3n) is 2.98. The summed E-state index contributed by atoms with van der Waals surface area (Å²) in [6.07, 6.45) is 2.83. The van der Waals surface area contributed by atoms with Gasteiger partial charge in [0.25, 0.3) is 0 Å². The fraction of sp³-hybridized carbons (Fsp3) is 0.333. The van der Waals surface area contributed by atoms with Gasteiger partial charge < -0.3 is 5.32 Å². The molecule has 0 saturated carbocycles. The lowest BCUT2D eigenvalue weighted by Crippen LogP contribution is -2.23.